The first kappa shape index (κ1) is 12.1. The summed E-state index contributed by atoms with van der Waals surface area (Å²) in [5.74, 6) is 0. The van der Waals surface area contributed by atoms with Crippen molar-refractivity contribution in [3.63, 3.8) is 0 Å². The molecule has 1 heterocycles. The summed E-state index contributed by atoms with van der Waals surface area (Å²) in [4.78, 5) is 4.39. The maximum absolute atomic E-state index is 11.9. The van der Waals surface area contributed by atoms with E-state index in [0.29, 0.717) is 5.52 Å². The number of benzene rings is 1. The number of rotatable bonds is 3. The lowest BCUT2D eigenvalue weighted by atomic mass is 10.3. The molecule has 0 amide bonds. The van der Waals surface area contributed by atoms with Crippen molar-refractivity contribution in [3.05, 3.63) is 24.5 Å². The first-order valence-corrected chi connectivity index (χ1v) is 6.82. The number of hydrogen-bond donors (Lipinski definition) is 1. The number of fused-ring (bicyclic) bond motifs is 1. The Hall–Kier alpha value is -1.40. The molecular weight excluding hydrogens is 238 g/mol. The van der Waals surface area contributed by atoms with E-state index < -0.39 is 10.0 Å². The molecule has 2 aromatic rings. The summed E-state index contributed by atoms with van der Waals surface area (Å²) < 4.78 is 28.3. The second-order valence-corrected chi connectivity index (χ2v) is 6.00. The van der Waals surface area contributed by atoms with E-state index in [-0.39, 0.29) is 10.9 Å². The highest BCUT2D eigenvalue weighted by molar-refractivity contribution is 7.89. The summed E-state index contributed by atoms with van der Waals surface area (Å²) in [6.45, 7) is 3.58. The van der Waals surface area contributed by atoms with Crippen LogP contribution < -0.4 is 4.72 Å². The van der Waals surface area contributed by atoms with E-state index in [4.69, 9.17) is 0 Å². The van der Waals surface area contributed by atoms with Crippen LogP contribution in [0.3, 0.4) is 0 Å². The Morgan fingerprint density at radius 1 is 1.35 bits per heavy atom. The second kappa shape index (κ2) is 4.12. The van der Waals surface area contributed by atoms with Gasteiger partial charge in [-0.05, 0) is 32.0 Å². The maximum atomic E-state index is 11.9. The quantitative estimate of drug-likeness (QED) is 0.895. The highest BCUT2D eigenvalue weighted by Gasteiger charge is 2.16. The molecule has 0 unspecified atom stereocenters. The molecule has 0 aliphatic heterocycles. The van der Waals surface area contributed by atoms with Gasteiger partial charge in [-0.3, -0.25) is 0 Å². The summed E-state index contributed by atoms with van der Waals surface area (Å²) in [6.07, 6.45) is 1.66. The molecule has 0 fully saturated rings. The van der Waals surface area contributed by atoms with Gasteiger partial charge in [-0.1, -0.05) is 0 Å². The van der Waals surface area contributed by atoms with Crippen molar-refractivity contribution in [2.75, 3.05) is 0 Å². The third kappa shape index (κ3) is 2.32. The number of aromatic nitrogens is 2. The lowest BCUT2D eigenvalue weighted by molar-refractivity contribution is 0.570. The fourth-order valence-corrected chi connectivity index (χ4v) is 2.93. The van der Waals surface area contributed by atoms with Crippen LogP contribution in [0, 0.1) is 0 Å². The molecule has 0 atom stereocenters. The van der Waals surface area contributed by atoms with Crippen LogP contribution >= 0.6 is 0 Å². The van der Waals surface area contributed by atoms with E-state index in [9.17, 15) is 8.42 Å². The van der Waals surface area contributed by atoms with Crippen LogP contribution in [0.2, 0.25) is 0 Å². The molecule has 1 aromatic carbocycles. The topological polar surface area (TPSA) is 64.0 Å². The van der Waals surface area contributed by atoms with Crippen molar-refractivity contribution < 1.29 is 8.42 Å². The molecule has 6 heteroatoms. The number of aryl methyl sites for hydroxylation is 1. The molecule has 0 saturated heterocycles. The lowest BCUT2D eigenvalue weighted by Gasteiger charge is -2.09. The third-order valence-electron chi connectivity index (χ3n) is 2.40. The summed E-state index contributed by atoms with van der Waals surface area (Å²) >= 11 is 0. The lowest BCUT2D eigenvalue weighted by Crippen LogP contribution is -2.30. The summed E-state index contributed by atoms with van der Waals surface area (Å²) in [5, 5.41) is 0. The second-order valence-electron chi connectivity index (χ2n) is 4.28. The Kier molecular flexibility index (Phi) is 2.92. The van der Waals surface area contributed by atoms with Crippen LogP contribution in [0.25, 0.3) is 11.0 Å². The zero-order chi connectivity index (χ0) is 12.6. The normalized spacial score (nSPS) is 12.5. The van der Waals surface area contributed by atoms with Crippen LogP contribution in [-0.4, -0.2) is 24.0 Å². The van der Waals surface area contributed by atoms with E-state index in [0.717, 1.165) is 5.52 Å². The van der Waals surface area contributed by atoms with Gasteiger partial charge in [-0.15, -0.1) is 0 Å². The Labute approximate surface area is 101 Å². The zero-order valence-corrected chi connectivity index (χ0v) is 10.8. The molecule has 1 aromatic heterocycles. The fraction of sp³-hybridized carbons (Fsp3) is 0.364. The van der Waals surface area contributed by atoms with Crippen molar-refractivity contribution >= 4 is 21.1 Å². The van der Waals surface area contributed by atoms with Gasteiger partial charge in [0.25, 0.3) is 0 Å². The van der Waals surface area contributed by atoms with E-state index in [1.807, 2.05) is 11.6 Å². The van der Waals surface area contributed by atoms with Gasteiger partial charge < -0.3 is 4.57 Å². The van der Waals surface area contributed by atoms with E-state index in [1.165, 1.54) is 0 Å². The van der Waals surface area contributed by atoms with Gasteiger partial charge in [-0.2, -0.15) is 0 Å². The average Bonchev–Trinajstić information content (AvgIpc) is 2.58. The van der Waals surface area contributed by atoms with Crippen LogP contribution in [0.4, 0.5) is 0 Å². The average molecular weight is 253 g/mol. The summed E-state index contributed by atoms with van der Waals surface area (Å²) in [7, 11) is -1.57. The van der Waals surface area contributed by atoms with Gasteiger partial charge in [0.15, 0.2) is 0 Å². The highest BCUT2D eigenvalue weighted by Crippen LogP contribution is 2.17. The van der Waals surface area contributed by atoms with Crippen molar-refractivity contribution in [3.8, 4) is 0 Å². The summed E-state index contributed by atoms with van der Waals surface area (Å²) in [6, 6.07) is 4.81. The molecule has 2 rings (SSSR count). The molecule has 0 saturated carbocycles. The maximum Gasteiger partial charge on any atom is 0.240 e. The van der Waals surface area contributed by atoms with Crippen LogP contribution in [0.1, 0.15) is 13.8 Å². The van der Waals surface area contributed by atoms with Gasteiger partial charge in [0.2, 0.25) is 10.0 Å². The standard InChI is InChI=1S/C11H15N3O2S/c1-8(2)13-17(15,16)9-4-5-11-10(6-9)12-7-14(11)3/h4-8,13H,1-3H3. The molecule has 17 heavy (non-hydrogen) atoms. The minimum absolute atomic E-state index is 0.126. The summed E-state index contributed by atoms with van der Waals surface area (Å²) in [5.41, 5.74) is 1.59. The van der Waals surface area contributed by atoms with Gasteiger partial charge in [0.1, 0.15) is 0 Å². The predicted octanol–water partition coefficient (Wildman–Crippen LogP) is 1.26. The molecule has 0 radical (unpaired) electrons. The van der Waals surface area contributed by atoms with Gasteiger partial charge >= 0.3 is 0 Å². The monoisotopic (exact) mass is 253 g/mol. The third-order valence-corrected chi connectivity index (χ3v) is 4.05. The number of hydrogen-bond acceptors (Lipinski definition) is 3. The molecule has 5 nitrogen and oxygen atoms in total. The Balaban J connectivity index is 2.50. The molecule has 1 N–H and O–H groups in total. The van der Waals surface area contributed by atoms with Crippen LogP contribution in [0.15, 0.2) is 29.4 Å². The highest BCUT2D eigenvalue weighted by atomic mass is 32.2. The minimum atomic E-state index is -3.44. The van der Waals surface area contributed by atoms with Gasteiger partial charge in [0, 0.05) is 13.1 Å². The molecule has 92 valence electrons. The smallest absolute Gasteiger partial charge is 0.240 e. The predicted molar refractivity (Wildman–Crippen MR) is 66.2 cm³/mol. The van der Waals surface area contributed by atoms with E-state index >= 15 is 0 Å². The minimum Gasteiger partial charge on any atom is -0.334 e. The van der Waals surface area contributed by atoms with Crippen molar-refractivity contribution in [1.82, 2.24) is 14.3 Å². The SMILES string of the molecule is CC(C)NS(=O)(=O)c1ccc2c(c1)ncn2C. The molecular formula is C11H15N3O2S. The van der Waals surface area contributed by atoms with Gasteiger partial charge in [-0.25, -0.2) is 18.1 Å². The molecule has 0 spiro atoms. The number of imidazole rings is 1. The number of nitrogens with zero attached hydrogens (tertiary/aromatic N) is 2. The molecule has 0 aliphatic carbocycles. The fourth-order valence-electron chi connectivity index (χ4n) is 1.66. The zero-order valence-electron chi connectivity index (χ0n) is 10.0. The van der Waals surface area contributed by atoms with Crippen LogP contribution in [0.5, 0.6) is 0 Å². The molecule has 0 bridgehead atoms. The van der Waals surface area contributed by atoms with E-state index in [2.05, 4.69) is 9.71 Å². The first-order chi connectivity index (χ1) is 7.90. The number of nitrogens with one attached hydrogen (secondary N) is 1. The largest absolute Gasteiger partial charge is 0.334 e. The van der Waals surface area contributed by atoms with Crippen molar-refractivity contribution in [1.29, 1.82) is 0 Å². The van der Waals surface area contributed by atoms with Gasteiger partial charge in [0.05, 0.1) is 22.3 Å². The Morgan fingerprint density at radius 2 is 2.06 bits per heavy atom. The molecule has 0 aliphatic rings. The Morgan fingerprint density at radius 3 is 2.71 bits per heavy atom. The number of sulfonamides is 1. The Bertz CT molecular complexity index is 644. The van der Waals surface area contributed by atoms with Crippen LogP contribution in [-0.2, 0) is 17.1 Å². The first-order valence-electron chi connectivity index (χ1n) is 5.33. The van der Waals surface area contributed by atoms with Crippen molar-refractivity contribution in [2.45, 2.75) is 24.8 Å². The van der Waals surface area contributed by atoms with E-state index in [1.54, 1.807) is 38.4 Å². The van der Waals surface area contributed by atoms with Crippen molar-refractivity contribution in [2.24, 2.45) is 7.05 Å².